The normalized spacial score (nSPS) is 19.6. The van der Waals surface area contributed by atoms with Crippen molar-refractivity contribution in [2.75, 3.05) is 6.54 Å². The van der Waals surface area contributed by atoms with Gasteiger partial charge in [-0.25, -0.2) is 18.1 Å². The third kappa shape index (κ3) is 3.79. The highest BCUT2D eigenvalue weighted by Gasteiger charge is 2.45. The fourth-order valence-electron chi connectivity index (χ4n) is 4.43. The van der Waals surface area contributed by atoms with Crippen LogP contribution in [0.1, 0.15) is 29.8 Å². The Morgan fingerprint density at radius 2 is 1.81 bits per heavy atom. The zero-order valence-electron chi connectivity index (χ0n) is 16.1. The Labute approximate surface area is 187 Å². The molecule has 4 rings (SSSR count). The lowest BCUT2D eigenvalue weighted by Gasteiger charge is -2.41. The first-order valence-corrected chi connectivity index (χ1v) is 10.4. The zero-order valence-corrected chi connectivity index (χ0v) is 18.2. The van der Waals surface area contributed by atoms with Crippen LogP contribution in [0.3, 0.4) is 0 Å². The molecular weight excluding hydrogens is 534 g/mol. The van der Waals surface area contributed by atoms with Crippen molar-refractivity contribution in [3.63, 3.8) is 0 Å². The van der Waals surface area contributed by atoms with Gasteiger partial charge >= 0.3 is 12.3 Å². The summed E-state index contributed by atoms with van der Waals surface area (Å²) in [7, 11) is 0. The van der Waals surface area contributed by atoms with E-state index >= 15 is 8.78 Å². The smallest absolute Gasteiger partial charge is 0.416 e. The summed E-state index contributed by atoms with van der Waals surface area (Å²) in [6.45, 7) is 0.0986. The van der Waals surface area contributed by atoms with E-state index < -0.39 is 48.1 Å². The summed E-state index contributed by atoms with van der Waals surface area (Å²) in [6.07, 6.45) is -5.98. The van der Waals surface area contributed by atoms with Gasteiger partial charge in [-0.2, -0.15) is 13.2 Å². The van der Waals surface area contributed by atoms with Crippen LogP contribution in [-0.2, 0) is 6.42 Å². The van der Waals surface area contributed by atoms with Crippen molar-refractivity contribution in [1.29, 1.82) is 0 Å². The zero-order chi connectivity index (χ0) is 22.7. The fourth-order valence-corrected chi connectivity index (χ4v) is 4.98. The maximum absolute atomic E-state index is 15.0. The molecule has 164 valence electrons. The van der Waals surface area contributed by atoms with Crippen LogP contribution in [0.2, 0.25) is 0 Å². The van der Waals surface area contributed by atoms with Gasteiger partial charge in [-0.1, -0.05) is 18.2 Å². The molecule has 1 N–H and O–H groups in total. The van der Waals surface area contributed by atoms with Gasteiger partial charge in [0.2, 0.25) is 0 Å². The molecule has 2 heterocycles. The molecule has 2 atom stereocenters. The molecule has 0 amide bonds. The lowest BCUT2D eigenvalue weighted by Crippen LogP contribution is -2.48. The predicted molar refractivity (Wildman–Crippen MR) is 112 cm³/mol. The average Bonchev–Trinajstić information content (AvgIpc) is 2.96. The maximum Gasteiger partial charge on any atom is 0.416 e. The van der Waals surface area contributed by atoms with Gasteiger partial charge in [-0.15, -0.1) is 0 Å². The average molecular weight is 550 g/mol. The van der Waals surface area contributed by atoms with E-state index in [9.17, 15) is 23.1 Å². The van der Waals surface area contributed by atoms with Crippen molar-refractivity contribution >= 4 is 39.6 Å². The van der Waals surface area contributed by atoms with Crippen LogP contribution in [0.15, 0.2) is 36.4 Å². The molecular formula is C21H16F5IN2O2. The Kier molecular flexibility index (Phi) is 5.49. The number of benzene rings is 2. The highest BCUT2D eigenvalue weighted by atomic mass is 127. The molecule has 1 aliphatic rings. The van der Waals surface area contributed by atoms with Crippen molar-refractivity contribution in [3.8, 4) is 0 Å². The summed E-state index contributed by atoms with van der Waals surface area (Å²) < 4.78 is 71.5. The number of nitrogens with zero attached hydrogens (tertiary/aromatic N) is 2. The molecule has 2 aromatic carbocycles. The summed E-state index contributed by atoms with van der Waals surface area (Å²) in [5.41, 5.74) is 0.0847. The Bertz CT molecular complexity index is 1170. The number of hydrogen-bond donors (Lipinski definition) is 1. The Hall–Kier alpha value is -2.21. The second-order valence-corrected chi connectivity index (χ2v) is 8.77. The number of hydrogen-bond acceptors (Lipinski definition) is 2. The first-order valence-electron chi connectivity index (χ1n) is 9.32. The van der Waals surface area contributed by atoms with Crippen molar-refractivity contribution in [2.45, 2.75) is 31.6 Å². The van der Waals surface area contributed by atoms with Crippen LogP contribution in [0, 0.1) is 15.2 Å². The summed E-state index contributed by atoms with van der Waals surface area (Å²) in [6, 6.07) is 6.21. The van der Waals surface area contributed by atoms with Gasteiger partial charge in [0, 0.05) is 20.6 Å². The SMILES string of the molecule is C[C@@H]1Cc2c(n(C(=O)O)c3ccccc23)[C@@H](c2c(F)cc(I)cc2F)N1CC(F)(F)F. The number of carbonyl (C=O) groups is 1. The van der Waals surface area contributed by atoms with Crippen molar-refractivity contribution in [2.24, 2.45) is 0 Å². The Morgan fingerprint density at radius 1 is 1.19 bits per heavy atom. The van der Waals surface area contributed by atoms with Gasteiger partial charge in [-0.3, -0.25) is 4.90 Å². The molecule has 4 nitrogen and oxygen atoms in total. The van der Waals surface area contributed by atoms with Crippen molar-refractivity contribution in [1.82, 2.24) is 9.47 Å². The van der Waals surface area contributed by atoms with Crippen molar-refractivity contribution < 1.29 is 31.9 Å². The summed E-state index contributed by atoms with van der Waals surface area (Å²) in [5, 5.41) is 10.4. The number of rotatable bonds is 2. The Morgan fingerprint density at radius 3 is 2.39 bits per heavy atom. The molecule has 31 heavy (non-hydrogen) atoms. The fraction of sp³-hybridized carbons (Fsp3) is 0.286. The largest absolute Gasteiger partial charge is 0.464 e. The van der Waals surface area contributed by atoms with E-state index in [-0.39, 0.29) is 21.2 Å². The molecule has 10 heteroatoms. The van der Waals surface area contributed by atoms with E-state index in [4.69, 9.17) is 0 Å². The summed E-state index contributed by atoms with van der Waals surface area (Å²) in [4.78, 5) is 13.1. The molecule has 3 aromatic rings. The maximum atomic E-state index is 15.0. The lowest BCUT2D eigenvalue weighted by atomic mass is 9.88. The van der Waals surface area contributed by atoms with E-state index in [1.807, 2.05) is 0 Å². The second kappa shape index (κ2) is 7.73. The van der Waals surface area contributed by atoms with E-state index in [0.717, 1.165) is 21.6 Å². The first kappa shape index (κ1) is 22.0. The van der Waals surface area contributed by atoms with Crippen LogP contribution in [0.4, 0.5) is 26.7 Å². The van der Waals surface area contributed by atoms with E-state index in [2.05, 4.69) is 0 Å². The van der Waals surface area contributed by atoms with Gasteiger partial charge < -0.3 is 5.11 Å². The van der Waals surface area contributed by atoms with Gasteiger partial charge in [0.1, 0.15) is 11.6 Å². The number of para-hydroxylation sites is 1. The standard InChI is InChI=1S/C21H16F5IN2O2/c1-10-6-13-12-4-2-3-5-16(12)29(20(30)31)18(13)19(28(10)9-21(24,25)26)17-14(22)7-11(27)8-15(17)23/h2-5,7-8,10,19H,6,9H2,1H3,(H,30,31)/t10-,19-/m1/s1. The third-order valence-electron chi connectivity index (χ3n) is 5.55. The number of halogens is 6. The van der Waals surface area contributed by atoms with Gasteiger partial charge in [-0.05, 0) is 59.7 Å². The Balaban J connectivity index is 2.10. The first-order chi connectivity index (χ1) is 14.5. The lowest BCUT2D eigenvalue weighted by molar-refractivity contribution is -0.155. The summed E-state index contributed by atoms with van der Waals surface area (Å²) >= 11 is 1.71. The number of aromatic nitrogens is 1. The topological polar surface area (TPSA) is 45.5 Å². The van der Waals surface area contributed by atoms with Gasteiger partial charge in [0.25, 0.3) is 0 Å². The number of fused-ring (bicyclic) bond motifs is 3. The minimum Gasteiger partial charge on any atom is -0.464 e. The van der Waals surface area contributed by atoms with E-state index in [0.29, 0.717) is 10.9 Å². The van der Waals surface area contributed by atoms with Crippen LogP contribution in [0.5, 0.6) is 0 Å². The second-order valence-electron chi connectivity index (χ2n) is 7.53. The van der Waals surface area contributed by atoms with Crippen LogP contribution in [0.25, 0.3) is 10.9 Å². The number of alkyl halides is 3. The molecule has 0 unspecified atom stereocenters. The molecule has 0 saturated heterocycles. The highest BCUT2D eigenvalue weighted by Crippen LogP contribution is 2.45. The minimum absolute atomic E-state index is 0.0601. The van der Waals surface area contributed by atoms with E-state index in [1.165, 1.54) is 13.0 Å². The van der Waals surface area contributed by atoms with Crippen molar-refractivity contribution in [3.05, 3.63) is 68.4 Å². The third-order valence-corrected chi connectivity index (χ3v) is 6.17. The van der Waals surface area contributed by atoms with Crippen LogP contribution in [-0.4, -0.2) is 39.4 Å². The minimum atomic E-state index is -4.65. The van der Waals surface area contributed by atoms with Gasteiger partial charge in [0.05, 0.1) is 23.8 Å². The molecule has 0 bridgehead atoms. The predicted octanol–water partition coefficient (Wildman–Crippen LogP) is 5.95. The molecule has 0 spiro atoms. The molecule has 0 fully saturated rings. The quantitative estimate of drug-likeness (QED) is 0.317. The molecule has 0 aliphatic carbocycles. The molecule has 0 saturated carbocycles. The van der Waals surface area contributed by atoms with Crippen LogP contribution >= 0.6 is 22.6 Å². The van der Waals surface area contributed by atoms with E-state index in [1.54, 1.807) is 40.8 Å². The summed E-state index contributed by atoms with van der Waals surface area (Å²) in [5.74, 6) is -2.05. The monoisotopic (exact) mass is 550 g/mol. The number of carboxylic acid groups (broad SMARTS) is 1. The van der Waals surface area contributed by atoms with Gasteiger partial charge in [0.15, 0.2) is 0 Å². The van der Waals surface area contributed by atoms with Crippen LogP contribution < -0.4 is 0 Å². The highest BCUT2D eigenvalue weighted by molar-refractivity contribution is 14.1. The molecule has 1 aromatic heterocycles. The molecule has 0 radical (unpaired) electrons. The molecule has 1 aliphatic heterocycles.